The van der Waals surface area contributed by atoms with Gasteiger partial charge in [-0.15, -0.1) is 0 Å². The van der Waals surface area contributed by atoms with Crippen LogP contribution in [0, 0.1) is 13.8 Å². The van der Waals surface area contributed by atoms with Crippen LogP contribution in [0.1, 0.15) is 48.2 Å². The van der Waals surface area contributed by atoms with Crippen molar-refractivity contribution < 1.29 is 0 Å². The molecule has 3 nitrogen and oxygen atoms in total. The summed E-state index contributed by atoms with van der Waals surface area (Å²) in [6, 6.07) is 6.94. The highest BCUT2D eigenvalue weighted by Gasteiger charge is 2.21. The molecule has 0 radical (unpaired) electrons. The van der Waals surface area contributed by atoms with E-state index in [1.165, 1.54) is 35.2 Å². The van der Waals surface area contributed by atoms with Crippen LogP contribution in [0.4, 0.5) is 0 Å². The smallest absolute Gasteiger partial charge is 0.159 e. The van der Waals surface area contributed by atoms with Crippen molar-refractivity contribution in [1.82, 2.24) is 15.3 Å². The molecule has 0 aliphatic heterocycles. The molecule has 3 rings (SSSR count). The quantitative estimate of drug-likeness (QED) is 0.931. The minimum absolute atomic E-state index is 0.423. The van der Waals surface area contributed by atoms with Gasteiger partial charge in [0, 0.05) is 29.1 Å². The van der Waals surface area contributed by atoms with Gasteiger partial charge in [-0.2, -0.15) is 0 Å². The number of nitrogens with zero attached hydrogens (tertiary/aromatic N) is 2. The second-order valence-corrected chi connectivity index (χ2v) is 5.97. The Hall–Kier alpha value is -1.74. The summed E-state index contributed by atoms with van der Waals surface area (Å²) in [6.07, 6.45) is 5.49. The van der Waals surface area contributed by atoms with Crippen LogP contribution >= 0.6 is 0 Å². The number of benzene rings is 1. The zero-order chi connectivity index (χ0) is 14.8. The number of aromatic nitrogens is 2. The highest BCUT2D eigenvalue weighted by atomic mass is 14.9. The molecule has 0 bridgehead atoms. The van der Waals surface area contributed by atoms with E-state index in [1.807, 2.05) is 6.20 Å². The minimum Gasteiger partial charge on any atom is -0.310 e. The standard InChI is InChI=1S/C18H23N3/c1-4-19-16-6-5-7-17-15(16)11-20-18(21-17)14-9-12(2)8-13(3)10-14/h8-11,16,19H,4-7H2,1-3H3. The van der Waals surface area contributed by atoms with Gasteiger partial charge in [-0.05, 0) is 51.8 Å². The normalized spacial score (nSPS) is 17.6. The predicted molar refractivity (Wildman–Crippen MR) is 86.3 cm³/mol. The summed E-state index contributed by atoms with van der Waals surface area (Å²) >= 11 is 0. The number of rotatable bonds is 3. The SMILES string of the molecule is CCNC1CCCc2nc(-c3cc(C)cc(C)c3)ncc21. The molecule has 1 unspecified atom stereocenters. The van der Waals surface area contributed by atoms with Gasteiger partial charge >= 0.3 is 0 Å². The van der Waals surface area contributed by atoms with Crippen LogP contribution in [0.15, 0.2) is 24.4 Å². The van der Waals surface area contributed by atoms with E-state index >= 15 is 0 Å². The van der Waals surface area contributed by atoms with Crippen molar-refractivity contribution in [3.8, 4) is 11.4 Å². The Morgan fingerprint density at radius 2 is 1.95 bits per heavy atom. The van der Waals surface area contributed by atoms with Gasteiger partial charge in [0.15, 0.2) is 5.82 Å². The van der Waals surface area contributed by atoms with Crippen LogP contribution in [0.2, 0.25) is 0 Å². The summed E-state index contributed by atoms with van der Waals surface area (Å²) < 4.78 is 0. The summed E-state index contributed by atoms with van der Waals surface area (Å²) in [5.74, 6) is 0.859. The average molecular weight is 281 g/mol. The number of fused-ring (bicyclic) bond motifs is 1. The van der Waals surface area contributed by atoms with Crippen molar-refractivity contribution in [2.75, 3.05) is 6.54 Å². The maximum absolute atomic E-state index is 4.85. The monoisotopic (exact) mass is 281 g/mol. The molecule has 0 saturated carbocycles. The Kier molecular flexibility index (Phi) is 4.02. The summed E-state index contributed by atoms with van der Waals surface area (Å²) in [4.78, 5) is 9.47. The Morgan fingerprint density at radius 3 is 2.67 bits per heavy atom. The molecule has 1 N–H and O–H groups in total. The van der Waals surface area contributed by atoms with Crippen molar-refractivity contribution in [3.63, 3.8) is 0 Å². The number of nitrogens with one attached hydrogen (secondary N) is 1. The molecule has 0 spiro atoms. The topological polar surface area (TPSA) is 37.8 Å². The lowest BCUT2D eigenvalue weighted by Crippen LogP contribution is -2.25. The molecule has 1 aliphatic carbocycles. The first-order chi connectivity index (χ1) is 10.2. The molecule has 1 aromatic carbocycles. The van der Waals surface area contributed by atoms with Crippen molar-refractivity contribution in [2.45, 2.75) is 46.1 Å². The number of hydrogen-bond acceptors (Lipinski definition) is 3. The second-order valence-electron chi connectivity index (χ2n) is 5.97. The molecule has 21 heavy (non-hydrogen) atoms. The molecular formula is C18H23N3. The zero-order valence-corrected chi connectivity index (χ0v) is 13.1. The highest BCUT2D eigenvalue weighted by molar-refractivity contribution is 5.58. The average Bonchev–Trinajstić information content (AvgIpc) is 2.46. The fourth-order valence-electron chi connectivity index (χ4n) is 3.25. The number of hydrogen-bond donors (Lipinski definition) is 1. The van der Waals surface area contributed by atoms with Crippen LogP contribution in [0.3, 0.4) is 0 Å². The number of aryl methyl sites for hydroxylation is 3. The Morgan fingerprint density at radius 1 is 1.19 bits per heavy atom. The van der Waals surface area contributed by atoms with Gasteiger partial charge in [0.05, 0.1) is 0 Å². The third-order valence-corrected chi connectivity index (χ3v) is 4.11. The Bertz CT molecular complexity index is 629. The van der Waals surface area contributed by atoms with Gasteiger partial charge in [-0.1, -0.05) is 24.1 Å². The fraction of sp³-hybridized carbons (Fsp3) is 0.444. The first-order valence-electron chi connectivity index (χ1n) is 7.85. The molecule has 2 aromatic rings. The van der Waals surface area contributed by atoms with Crippen LogP contribution in [0.25, 0.3) is 11.4 Å². The maximum Gasteiger partial charge on any atom is 0.159 e. The van der Waals surface area contributed by atoms with E-state index in [0.717, 1.165) is 24.4 Å². The van der Waals surface area contributed by atoms with Crippen LogP contribution < -0.4 is 5.32 Å². The Balaban J connectivity index is 1.99. The summed E-state index contributed by atoms with van der Waals surface area (Å²) in [5, 5.41) is 3.54. The first kappa shape index (κ1) is 14.2. The second kappa shape index (κ2) is 5.94. The first-order valence-corrected chi connectivity index (χ1v) is 7.85. The lowest BCUT2D eigenvalue weighted by atomic mass is 9.92. The molecule has 0 saturated heterocycles. The molecule has 1 heterocycles. The molecule has 1 aromatic heterocycles. The largest absolute Gasteiger partial charge is 0.310 e. The molecule has 110 valence electrons. The summed E-state index contributed by atoms with van der Waals surface area (Å²) in [5.41, 5.74) is 6.15. The molecule has 1 atom stereocenters. The van der Waals surface area contributed by atoms with Gasteiger partial charge in [0.25, 0.3) is 0 Å². The molecule has 1 aliphatic rings. The van der Waals surface area contributed by atoms with Gasteiger partial charge in [0.1, 0.15) is 0 Å². The minimum atomic E-state index is 0.423. The molecule has 3 heteroatoms. The van der Waals surface area contributed by atoms with Crippen molar-refractivity contribution in [1.29, 1.82) is 0 Å². The van der Waals surface area contributed by atoms with E-state index in [-0.39, 0.29) is 0 Å². The van der Waals surface area contributed by atoms with Crippen LogP contribution in [-0.4, -0.2) is 16.5 Å². The fourth-order valence-corrected chi connectivity index (χ4v) is 3.25. The van der Waals surface area contributed by atoms with E-state index in [2.05, 4.69) is 49.3 Å². The summed E-state index contributed by atoms with van der Waals surface area (Å²) in [6.45, 7) is 7.38. The third-order valence-electron chi connectivity index (χ3n) is 4.11. The van der Waals surface area contributed by atoms with E-state index in [4.69, 9.17) is 4.98 Å². The van der Waals surface area contributed by atoms with E-state index < -0.39 is 0 Å². The van der Waals surface area contributed by atoms with E-state index in [9.17, 15) is 0 Å². The van der Waals surface area contributed by atoms with Crippen molar-refractivity contribution in [2.24, 2.45) is 0 Å². The van der Waals surface area contributed by atoms with Gasteiger partial charge in [-0.3, -0.25) is 0 Å². The Labute approximate surface area is 126 Å². The molecule has 0 fully saturated rings. The highest BCUT2D eigenvalue weighted by Crippen LogP contribution is 2.29. The van der Waals surface area contributed by atoms with Crippen LogP contribution in [-0.2, 0) is 6.42 Å². The lowest BCUT2D eigenvalue weighted by Gasteiger charge is -2.25. The van der Waals surface area contributed by atoms with Crippen molar-refractivity contribution in [3.05, 3.63) is 46.8 Å². The van der Waals surface area contributed by atoms with E-state index in [1.54, 1.807) is 0 Å². The van der Waals surface area contributed by atoms with Crippen molar-refractivity contribution >= 4 is 0 Å². The maximum atomic E-state index is 4.85. The lowest BCUT2D eigenvalue weighted by molar-refractivity contribution is 0.464. The van der Waals surface area contributed by atoms with Gasteiger partial charge in [0.2, 0.25) is 0 Å². The summed E-state index contributed by atoms with van der Waals surface area (Å²) in [7, 11) is 0. The predicted octanol–water partition coefficient (Wildman–Crippen LogP) is 3.75. The molecule has 0 amide bonds. The van der Waals surface area contributed by atoms with Crippen LogP contribution in [0.5, 0.6) is 0 Å². The van der Waals surface area contributed by atoms with Gasteiger partial charge in [-0.25, -0.2) is 9.97 Å². The van der Waals surface area contributed by atoms with Gasteiger partial charge < -0.3 is 5.32 Å². The molecular weight excluding hydrogens is 258 g/mol. The zero-order valence-electron chi connectivity index (χ0n) is 13.1. The third kappa shape index (κ3) is 2.98. The van der Waals surface area contributed by atoms with E-state index in [0.29, 0.717) is 6.04 Å².